The predicted molar refractivity (Wildman–Crippen MR) is 117 cm³/mol. The second-order valence-electron chi connectivity index (χ2n) is 7.50. The maximum Gasteiger partial charge on any atom is 0.220 e. The minimum Gasteiger partial charge on any atom is -0.493 e. The monoisotopic (exact) mass is 410 g/mol. The molecular weight excluding hydrogens is 380 g/mol. The van der Waals surface area contributed by atoms with E-state index in [0.29, 0.717) is 30.9 Å². The molecule has 0 spiro atoms. The highest BCUT2D eigenvalue weighted by molar-refractivity contribution is 5.84. The van der Waals surface area contributed by atoms with Gasteiger partial charge in [-0.05, 0) is 62.4 Å². The van der Waals surface area contributed by atoms with Crippen LogP contribution < -0.4 is 14.8 Å². The van der Waals surface area contributed by atoms with Crippen molar-refractivity contribution >= 4 is 16.9 Å². The fourth-order valence-corrected chi connectivity index (χ4v) is 3.94. The van der Waals surface area contributed by atoms with Crippen LogP contribution in [0.25, 0.3) is 11.0 Å². The normalized spacial score (nSPS) is 11.0. The molecule has 2 heterocycles. The van der Waals surface area contributed by atoms with Gasteiger partial charge in [0, 0.05) is 31.1 Å². The van der Waals surface area contributed by atoms with Gasteiger partial charge in [0.25, 0.3) is 0 Å². The van der Waals surface area contributed by atoms with Crippen molar-refractivity contribution in [1.29, 1.82) is 0 Å². The third kappa shape index (κ3) is 4.40. The van der Waals surface area contributed by atoms with E-state index in [1.54, 1.807) is 14.2 Å². The van der Waals surface area contributed by atoms with E-state index >= 15 is 0 Å². The van der Waals surface area contributed by atoms with Gasteiger partial charge >= 0.3 is 0 Å². The van der Waals surface area contributed by atoms with Crippen molar-refractivity contribution in [2.75, 3.05) is 20.8 Å². The number of carbonyl (C=O) groups excluding carboxylic acids is 1. The van der Waals surface area contributed by atoms with E-state index in [4.69, 9.17) is 14.5 Å². The van der Waals surface area contributed by atoms with Crippen molar-refractivity contribution in [2.24, 2.45) is 7.05 Å². The van der Waals surface area contributed by atoms with Crippen molar-refractivity contribution in [3.05, 3.63) is 46.3 Å². The molecule has 2 aromatic heterocycles. The molecule has 0 unspecified atom stereocenters. The van der Waals surface area contributed by atoms with E-state index in [2.05, 4.69) is 17.3 Å². The molecule has 7 nitrogen and oxygen atoms in total. The first-order chi connectivity index (χ1) is 14.3. The first kappa shape index (κ1) is 21.6. The summed E-state index contributed by atoms with van der Waals surface area (Å²) < 4.78 is 12.4. The van der Waals surface area contributed by atoms with Gasteiger partial charge in [0.1, 0.15) is 0 Å². The van der Waals surface area contributed by atoms with Crippen molar-refractivity contribution < 1.29 is 14.3 Å². The van der Waals surface area contributed by atoms with Crippen LogP contribution in [-0.4, -0.2) is 41.4 Å². The maximum absolute atomic E-state index is 12.4. The first-order valence-electron chi connectivity index (χ1n) is 10.1. The average molecular weight is 411 g/mol. The van der Waals surface area contributed by atoms with Crippen molar-refractivity contribution in [2.45, 2.75) is 40.0 Å². The number of aryl methyl sites for hydroxylation is 4. The molecule has 7 heteroatoms. The van der Waals surface area contributed by atoms with E-state index in [1.807, 2.05) is 43.8 Å². The standard InChI is InChI=1S/C23H30N4O3/c1-14-18(15(2)25-23-22(14)16(3)26-27(23)4)8-10-21(28)24-12-11-17-7-9-19(29-5)20(13-17)30-6/h7,9,13H,8,10-12H2,1-6H3,(H,24,28). The molecule has 0 bridgehead atoms. The van der Waals surface area contributed by atoms with Crippen LogP contribution in [0.2, 0.25) is 0 Å². The lowest BCUT2D eigenvalue weighted by Gasteiger charge is -2.12. The minimum atomic E-state index is 0.0392. The summed E-state index contributed by atoms with van der Waals surface area (Å²) in [5.41, 5.74) is 6.21. The zero-order valence-electron chi connectivity index (χ0n) is 18.6. The summed E-state index contributed by atoms with van der Waals surface area (Å²) in [6.07, 6.45) is 1.82. The largest absolute Gasteiger partial charge is 0.493 e. The lowest BCUT2D eigenvalue weighted by atomic mass is 9.99. The Bertz CT molecular complexity index is 1070. The number of carbonyl (C=O) groups is 1. The number of hydrogen-bond donors (Lipinski definition) is 1. The molecule has 3 rings (SSSR count). The number of ether oxygens (including phenoxy) is 2. The van der Waals surface area contributed by atoms with Crippen molar-refractivity contribution in [1.82, 2.24) is 20.1 Å². The quantitative estimate of drug-likeness (QED) is 0.617. The number of amides is 1. The summed E-state index contributed by atoms with van der Waals surface area (Å²) >= 11 is 0. The number of fused-ring (bicyclic) bond motifs is 1. The molecule has 160 valence electrons. The van der Waals surface area contributed by atoms with E-state index in [9.17, 15) is 4.79 Å². The van der Waals surface area contributed by atoms with Crippen LogP contribution in [0.5, 0.6) is 11.5 Å². The fraction of sp³-hybridized carbons (Fsp3) is 0.435. The molecule has 0 saturated heterocycles. The van der Waals surface area contributed by atoms with Crippen LogP contribution >= 0.6 is 0 Å². The Kier molecular flexibility index (Phi) is 6.59. The zero-order valence-corrected chi connectivity index (χ0v) is 18.6. The van der Waals surface area contributed by atoms with Crippen LogP contribution in [0.1, 0.15) is 34.5 Å². The molecule has 3 aromatic rings. The molecule has 0 fully saturated rings. The maximum atomic E-state index is 12.4. The summed E-state index contributed by atoms with van der Waals surface area (Å²) in [5, 5.41) is 8.58. The summed E-state index contributed by atoms with van der Waals surface area (Å²) in [5.74, 6) is 1.43. The molecular formula is C23H30N4O3. The van der Waals surface area contributed by atoms with E-state index in [1.165, 1.54) is 5.56 Å². The van der Waals surface area contributed by atoms with Crippen molar-refractivity contribution in [3.8, 4) is 11.5 Å². The highest BCUT2D eigenvalue weighted by atomic mass is 16.5. The van der Waals surface area contributed by atoms with Gasteiger partial charge in [-0.1, -0.05) is 6.07 Å². The van der Waals surface area contributed by atoms with Crippen LogP contribution in [0.3, 0.4) is 0 Å². The average Bonchev–Trinajstić information content (AvgIpc) is 3.00. The molecule has 0 aliphatic rings. The van der Waals surface area contributed by atoms with Gasteiger partial charge < -0.3 is 14.8 Å². The van der Waals surface area contributed by atoms with Gasteiger partial charge in [-0.2, -0.15) is 5.10 Å². The molecule has 0 saturated carbocycles. The van der Waals surface area contributed by atoms with Gasteiger partial charge in [0.2, 0.25) is 5.91 Å². The molecule has 1 amide bonds. The van der Waals surface area contributed by atoms with Gasteiger partial charge in [-0.15, -0.1) is 0 Å². The Morgan fingerprint density at radius 1 is 1.07 bits per heavy atom. The number of benzene rings is 1. The lowest BCUT2D eigenvalue weighted by molar-refractivity contribution is -0.121. The van der Waals surface area contributed by atoms with Gasteiger partial charge in [0.05, 0.1) is 19.9 Å². The minimum absolute atomic E-state index is 0.0392. The smallest absolute Gasteiger partial charge is 0.220 e. The molecule has 0 aliphatic carbocycles. The highest BCUT2D eigenvalue weighted by Crippen LogP contribution is 2.28. The second-order valence-corrected chi connectivity index (χ2v) is 7.50. The molecule has 0 atom stereocenters. The lowest BCUT2D eigenvalue weighted by Crippen LogP contribution is -2.26. The third-order valence-electron chi connectivity index (χ3n) is 5.52. The van der Waals surface area contributed by atoms with Crippen LogP contribution in [0, 0.1) is 20.8 Å². The van der Waals surface area contributed by atoms with Gasteiger partial charge in [-0.25, -0.2) is 4.98 Å². The van der Waals surface area contributed by atoms with Crippen LogP contribution in [-0.2, 0) is 24.7 Å². The molecule has 30 heavy (non-hydrogen) atoms. The van der Waals surface area contributed by atoms with Gasteiger partial charge in [0.15, 0.2) is 17.1 Å². The summed E-state index contributed by atoms with van der Waals surface area (Å²) in [7, 11) is 5.14. The number of hydrogen-bond acceptors (Lipinski definition) is 5. The number of methoxy groups -OCH3 is 2. The second kappa shape index (κ2) is 9.15. The van der Waals surface area contributed by atoms with Crippen LogP contribution in [0.4, 0.5) is 0 Å². The van der Waals surface area contributed by atoms with Gasteiger partial charge in [-0.3, -0.25) is 9.48 Å². The fourth-order valence-electron chi connectivity index (χ4n) is 3.94. The summed E-state index contributed by atoms with van der Waals surface area (Å²) in [6, 6.07) is 5.80. The summed E-state index contributed by atoms with van der Waals surface area (Å²) in [6.45, 7) is 6.66. The number of pyridine rings is 1. The third-order valence-corrected chi connectivity index (χ3v) is 5.52. The Hall–Kier alpha value is -3.09. The molecule has 0 aliphatic heterocycles. The van der Waals surface area contributed by atoms with E-state index in [0.717, 1.165) is 40.0 Å². The Balaban J connectivity index is 1.58. The Labute approximate surface area is 177 Å². The zero-order chi connectivity index (χ0) is 21.8. The van der Waals surface area contributed by atoms with E-state index in [-0.39, 0.29) is 5.91 Å². The molecule has 1 N–H and O–H groups in total. The predicted octanol–water partition coefficient (Wildman–Crippen LogP) is 3.20. The Morgan fingerprint density at radius 2 is 1.80 bits per heavy atom. The van der Waals surface area contributed by atoms with Crippen LogP contribution in [0.15, 0.2) is 18.2 Å². The highest BCUT2D eigenvalue weighted by Gasteiger charge is 2.16. The molecule has 0 radical (unpaired) electrons. The number of rotatable bonds is 8. The Morgan fingerprint density at radius 3 is 2.50 bits per heavy atom. The summed E-state index contributed by atoms with van der Waals surface area (Å²) in [4.78, 5) is 17.1. The topological polar surface area (TPSA) is 78.3 Å². The number of nitrogens with one attached hydrogen (secondary N) is 1. The SMILES string of the molecule is COc1ccc(CCNC(=O)CCc2c(C)nc3c(c(C)nn3C)c2C)cc1OC. The number of aromatic nitrogens is 3. The first-order valence-corrected chi connectivity index (χ1v) is 10.1. The van der Waals surface area contributed by atoms with E-state index < -0.39 is 0 Å². The molecule has 1 aromatic carbocycles. The van der Waals surface area contributed by atoms with Crippen molar-refractivity contribution in [3.63, 3.8) is 0 Å². The number of nitrogens with zero attached hydrogens (tertiary/aromatic N) is 3.